The van der Waals surface area contributed by atoms with Crippen LogP contribution in [-0.2, 0) is 0 Å². The average molecular weight is 298 g/mol. The molecule has 2 N–H and O–H groups in total. The number of thiocarbonyl (C=S) groups is 1. The Bertz CT molecular complexity index is 608. The molecule has 0 heterocycles. The fraction of sp³-hybridized carbons (Fsp3) is 0.278. The number of para-hydroxylation sites is 1. The minimum atomic E-state index is 0.231. The zero-order valence-electron chi connectivity index (χ0n) is 12.8. The Labute approximate surface area is 132 Å². The van der Waals surface area contributed by atoms with Crippen LogP contribution in [0, 0.1) is 13.8 Å². The lowest BCUT2D eigenvalue weighted by atomic mass is 9.98. The van der Waals surface area contributed by atoms with Crippen molar-refractivity contribution in [2.45, 2.75) is 33.2 Å². The molecular weight excluding hydrogens is 276 g/mol. The van der Waals surface area contributed by atoms with Crippen molar-refractivity contribution < 1.29 is 0 Å². The van der Waals surface area contributed by atoms with Crippen molar-refractivity contribution >= 4 is 23.0 Å². The van der Waals surface area contributed by atoms with E-state index in [9.17, 15) is 0 Å². The lowest BCUT2D eigenvalue weighted by Crippen LogP contribution is -2.32. The van der Waals surface area contributed by atoms with Gasteiger partial charge < -0.3 is 10.6 Å². The molecule has 3 heteroatoms. The molecule has 0 bridgehead atoms. The number of anilines is 1. The molecule has 2 aromatic carbocycles. The lowest BCUT2D eigenvalue weighted by molar-refractivity contribution is 0.625. The van der Waals surface area contributed by atoms with Gasteiger partial charge in [-0.05, 0) is 55.7 Å². The molecule has 0 unspecified atom stereocenters. The Kier molecular flexibility index (Phi) is 5.34. The second-order valence-electron chi connectivity index (χ2n) is 5.29. The van der Waals surface area contributed by atoms with Gasteiger partial charge in [0.05, 0.1) is 6.04 Å². The molecule has 0 spiro atoms. The molecule has 0 amide bonds. The summed E-state index contributed by atoms with van der Waals surface area (Å²) in [6, 6.07) is 16.8. The molecule has 21 heavy (non-hydrogen) atoms. The van der Waals surface area contributed by atoms with Crippen LogP contribution in [0.1, 0.15) is 36.1 Å². The van der Waals surface area contributed by atoms with Crippen LogP contribution in [0.2, 0.25) is 0 Å². The molecule has 0 aromatic heterocycles. The highest BCUT2D eigenvalue weighted by Gasteiger charge is 2.13. The molecule has 0 fully saturated rings. The Hall–Kier alpha value is -1.87. The molecular formula is C18H22N2S. The second kappa shape index (κ2) is 7.23. The highest BCUT2D eigenvalue weighted by Crippen LogP contribution is 2.21. The number of benzene rings is 2. The van der Waals surface area contributed by atoms with Gasteiger partial charge in [-0.15, -0.1) is 0 Å². The van der Waals surface area contributed by atoms with Crippen molar-refractivity contribution in [1.82, 2.24) is 5.32 Å². The van der Waals surface area contributed by atoms with Crippen molar-refractivity contribution in [3.63, 3.8) is 0 Å². The summed E-state index contributed by atoms with van der Waals surface area (Å²) in [7, 11) is 0. The second-order valence-corrected chi connectivity index (χ2v) is 5.69. The monoisotopic (exact) mass is 298 g/mol. The van der Waals surface area contributed by atoms with Crippen LogP contribution >= 0.6 is 12.2 Å². The van der Waals surface area contributed by atoms with Gasteiger partial charge in [-0.1, -0.05) is 48.9 Å². The van der Waals surface area contributed by atoms with Crippen LogP contribution in [0.25, 0.3) is 0 Å². The minimum Gasteiger partial charge on any atom is -0.356 e. The van der Waals surface area contributed by atoms with Gasteiger partial charge in [0, 0.05) is 5.69 Å². The molecule has 0 aliphatic heterocycles. The molecule has 0 radical (unpaired) electrons. The predicted octanol–water partition coefficient (Wildman–Crippen LogP) is 4.74. The maximum atomic E-state index is 5.43. The zero-order chi connectivity index (χ0) is 15.2. The van der Waals surface area contributed by atoms with Crippen LogP contribution in [0.3, 0.4) is 0 Å². The van der Waals surface area contributed by atoms with Crippen molar-refractivity contribution in [2.24, 2.45) is 0 Å². The van der Waals surface area contributed by atoms with Gasteiger partial charge in [-0.2, -0.15) is 0 Å². The SMILES string of the molecule is CC[C@@H](NC(=S)Nc1ccccc1)c1ccc(C)cc1C. The average Bonchev–Trinajstić information content (AvgIpc) is 2.46. The number of aryl methyl sites for hydroxylation is 2. The van der Waals surface area contributed by atoms with E-state index in [2.05, 4.69) is 49.6 Å². The van der Waals surface area contributed by atoms with E-state index < -0.39 is 0 Å². The molecule has 0 aliphatic rings. The zero-order valence-corrected chi connectivity index (χ0v) is 13.6. The summed E-state index contributed by atoms with van der Waals surface area (Å²) in [5.41, 5.74) is 4.90. The molecule has 2 rings (SSSR count). The molecule has 1 atom stereocenters. The summed E-state index contributed by atoms with van der Waals surface area (Å²) in [5, 5.41) is 7.30. The smallest absolute Gasteiger partial charge is 0.171 e. The Morgan fingerprint density at radius 3 is 2.43 bits per heavy atom. The molecule has 110 valence electrons. The van der Waals surface area contributed by atoms with Crippen LogP contribution < -0.4 is 10.6 Å². The molecule has 0 aliphatic carbocycles. The van der Waals surface area contributed by atoms with Gasteiger partial charge in [-0.25, -0.2) is 0 Å². The predicted molar refractivity (Wildman–Crippen MR) is 94.7 cm³/mol. The lowest BCUT2D eigenvalue weighted by Gasteiger charge is -2.22. The molecule has 0 saturated carbocycles. The Morgan fingerprint density at radius 1 is 1.10 bits per heavy atom. The standard InChI is InChI=1S/C18H22N2S/c1-4-17(16-11-10-13(2)12-14(16)3)20-18(21)19-15-8-6-5-7-9-15/h5-12,17H,4H2,1-3H3,(H2,19,20,21)/t17-/m1/s1. The largest absolute Gasteiger partial charge is 0.356 e. The quantitative estimate of drug-likeness (QED) is 0.797. The maximum absolute atomic E-state index is 5.43. The minimum absolute atomic E-state index is 0.231. The van der Waals surface area contributed by atoms with E-state index in [0.717, 1.165) is 12.1 Å². The van der Waals surface area contributed by atoms with Crippen LogP contribution in [0.4, 0.5) is 5.69 Å². The molecule has 2 aromatic rings. The first-order valence-electron chi connectivity index (χ1n) is 7.30. The van der Waals surface area contributed by atoms with Gasteiger partial charge in [0.2, 0.25) is 0 Å². The van der Waals surface area contributed by atoms with E-state index in [1.165, 1.54) is 16.7 Å². The van der Waals surface area contributed by atoms with E-state index in [1.807, 2.05) is 30.3 Å². The van der Waals surface area contributed by atoms with Gasteiger partial charge in [0.1, 0.15) is 0 Å². The Morgan fingerprint density at radius 2 is 1.81 bits per heavy atom. The van der Waals surface area contributed by atoms with Gasteiger partial charge in [-0.3, -0.25) is 0 Å². The third-order valence-electron chi connectivity index (χ3n) is 3.55. The molecule has 0 saturated heterocycles. The van der Waals surface area contributed by atoms with E-state index in [0.29, 0.717) is 5.11 Å². The Balaban J connectivity index is 2.06. The first kappa shape index (κ1) is 15.5. The van der Waals surface area contributed by atoms with Crippen LogP contribution in [0.15, 0.2) is 48.5 Å². The normalized spacial score (nSPS) is 11.8. The summed E-state index contributed by atoms with van der Waals surface area (Å²) in [6.45, 7) is 6.44. The van der Waals surface area contributed by atoms with Gasteiger partial charge in [0.15, 0.2) is 5.11 Å². The van der Waals surface area contributed by atoms with Crippen molar-refractivity contribution in [3.05, 3.63) is 65.2 Å². The van der Waals surface area contributed by atoms with Gasteiger partial charge in [0.25, 0.3) is 0 Å². The van der Waals surface area contributed by atoms with Crippen molar-refractivity contribution in [3.8, 4) is 0 Å². The fourth-order valence-corrected chi connectivity index (χ4v) is 2.72. The number of rotatable bonds is 4. The van der Waals surface area contributed by atoms with E-state index in [-0.39, 0.29) is 6.04 Å². The third kappa shape index (κ3) is 4.30. The van der Waals surface area contributed by atoms with Crippen molar-refractivity contribution in [2.75, 3.05) is 5.32 Å². The van der Waals surface area contributed by atoms with E-state index in [1.54, 1.807) is 0 Å². The summed E-state index contributed by atoms with van der Waals surface area (Å²) in [4.78, 5) is 0. The number of hydrogen-bond acceptors (Lipinski definition) is 1. The van der Waals surface area contributed by atoms with E-state index in [4.69, 9.17) is 12.2 Å². The van der Waals surface area contributed by atoms with Crippen molar-refractivity contribution in [1.29, 1.82) is 0 Å². The summed E-state index contributed by atoms with van der Waals surface area (Å²) in [5.74, 6) is 0. The van der Waals surface area contributed by atoms with Gasteiger partial charge >= 0.3 is 0 Å². The third-order valence-corrected chi connectivity index (χ3v) is 3.77. The highest BCUT2D eigenvalue weighted by atomic mass is 32.1. The summed E-state index contributed by atoms with van der Waals surface area (Å²) in [6.07, 6.45) is 0.987. The topological polar surface area (TPSA) is 24.1 Å². The highest BCUT2D eigenvalue weighted by molar-refractivity contribution is 7.80. The number of hydrogen-bond donors (Lipinski definition) is 2. The first-order chi connectivity index (χ1) is 10.1. The molecule has 2 nitrogen and oxygen atoms in total. The van der Waals surface area contributed by atoms with E-state index >= 15 is 0 Å². The summed E-state index contributed by atoms with van der Waals surface area (Å²) >= 11 is 5.43. The fourth-order valence-electron chi connectivity index (χ4n) is 2.46. The van der Waals surface area contributed by atoms with Crippen LogP contribution in [-0.4, -0.2) is 5.11 Å². The number of nitrogens with one attached hydrogen (secondary N) is 2. The van der Waals surface area contributed by atoms with Crippen LogP contribution in [0.5, 0.6) is 0 Å². The maximum Gasteiger partial charge on any atom is 0.171 e. The first-order valence-corrected chi connectivity index (χ1v) is 7.70. The summed E-state index contributed by atoms with van der Waals surface area (Å²) < 4.78 is 0.